The number of carbonyl (C=O) groups excluding carboxylic acids is 2. The zero-order valence-corrected chi connectivity index (χ0v) is 23.7. The molecule has 3 aliphatic rings. The zero-order valence-electron chi connectivity index (χ0n) is 22.9. The third-order valence-corrected chi connectivity index (χ3v) is 9.35. The number of nitrogens with one attached hydrogen (secondary N) is 1. The highest BCUT2D eigenvalue weighted by atomic mass is 32.1. The van der Waals surface area contributed by atoms with Gasteiger partial charge in [0.05, 0.1) is 16.6 Å². The van der Waals surface area contributed by atoms with E-state index >= 15 is 0 Å². The lowest BCUT2D eigenvalue weighted by Crippen LogP contribution is -2.54. The Bertz CT molecular complexity index is 1100. The quantitative estimate of drug-likeness (QED) is 0.565. The summed E-state index contributed by atoms with van der Waals surface area (Å²) >= 11 is 1.60. The maximum absolute atomic E-state index is 13.2. The van der Waals surface area contributed by atoms with E-state index in [2.05, 4.69) is 21.8 Å². The van der Waals surface area contributed by atoms with Crippen molar-refractivity contribution in [1.82, 2.24) is 24.9 Å². The van der Waals surface area contributed by atoms with Gasteiger partial charge in [0, 0.05) is 43.6 Å². The largest absolute Gasteiger partial charge is 0.444 e. The molecule has 0 atom stereocenters. The molecule has 0 unspecified atom stereocenters. The predicted octanol–water partition coefficient (Wildman–Crippen LogP) is 5.51. The molecule has 2 aromatic rings. The number of fused-ring (bicyclic) bond motifs is 1. The first-order chi connectivity index (χ1) is 17.7. The van der Waals surface area contributed by atoms with Gasteiger partial charge in [-0.2, -0.15) is 5.10 Å². The Morgan fingerprint density at radius 1 is 0.973 bits per heavy atom. The van der Waals surface area contributed by atoms with Gasteiger partial charge in [0.1, 0.15) is 10.4 Å². The molecule has 8 nitrogen and oxygen atoms in total. The Hall–Kier alpha value is -2.13. The van der Waals surface area contributed by atoms with Crippen LogP contribution in [0.3, 0.4) is 0 Å². The number of hydrogen-bond acceptors (Lipinski definition) is 6. The number of piperazine rings is 1. The van der Waals surface area contributed by atoms with E-state index in [1.807, 2.05) is 31.7 Å². The Labute approximate surface area is 224 Å². The molecule has 0 aromatic carbocycles. The molecular formula is C28H43N5O3S. The highest BCUT2D eigenvalue weighted by Gasteiger charge is 2.32. The van der Waals surface area contributed by atoms with Crippen LogP contribution in [0.4, 0.5) is 4.79 Å². The van der Waals surface area contributed by atoms with Gasteiger partial charge in [-0.25, -0.2) is 4.79 Å². The molecule has 1 saturated heterocycles. The van der Waals surface area contributed by atoms with Crippen LogP contribution < -0.4 is 5.32 Å². The van der Waals surface area contributed by atoms with Crippen molar-refractivity contribution in [2.24, 2.45) is 0 Å². The Morgan fingerprint density at radius 2 is 1.65 bits per heavy atom. The SMILES string of the molecule is Cc1nn(C2CCCCC2)c2sc(C(=O)N[C@H]3CC[C@@H](N4CCN(C(=O)OC(C)(C)C)CC4)CC3)cc12. The number of carbonyl (C=O) groups is 2. The van der Waals surface area contributed by atoms with Gasteiger partial charge in [0.2, 0.25) is 0 Å². The zero-order chi connectivity index (χ0) is 26.2. The molecule has 2 amide bonds. The molecule has 0 spiro atoms. The van der Waals surface area contributed by atoms with Crippen molar-refractivity contribution in [1.29, 1.82) is 0 Å². The van der Waals surface area contributed by atoms with Crippen molar-refractivity contribution in [2.45, 2.75) is 109 Å². The first kappa shape index (κ1) is 26.5. The van der Waals surface area contributed by atoms with Crippen molar-refractivity contribution in [2.75, 3.05) is 26.2 Å². The van der Waals surface area contributed by atoms with E-state index in [0.717, 1.165) is 72.7 Å². The van der Waals surface area contributed by atoms with Crippen LogP contribution in [-0.4, -0.2) is 75.4 Å². The van der Waals surface area contributed by atoms with Crippen LogP contribution >= 0.6 is 11.3 Å². The van der Waals surface area contributed by atoms with Crippen molar-refractivity contribution in [3.8, 4) is 0 Å². The first-order valence-electron chi connectivity index (χ1n) is 14.2. The molecule has 3 fully saturated rings. The highest BCUT2D eigenvalue weighted by Crippen LogP contribution is 2.35. The number of nitrogens with zero attached hydrogens (tertiary/aromatic N) is 4. The summed E-state index contributed by atoms with van der Waals surface area (Å²) in [6.07, 6.45) is 10.2. The smallest absolute Gasteiger partial charge is 0.410 e. The molecule has 2 saturated carbocycles. The third kappa shape index (κ3) is 6.14. The molecular weight excluding hydrogens is 486 g/mol. The molecule has 9 heteroatoms. The number of aromatic nitrogens is 2. The monoisotopic (exact) mass is 529 g/mol. The maximum Gasteiger partial charge on any atom is 0.410 e. The topological polar surface area (TPSA) is 79.7 Å². The summed E-state index contributed by atoms with van der Waals surface area (Å²) < 4.78 is 7.73. The van der Waals surface area contributed by atoms with E-state index in [1.165, 1.54) is 32.1 Å². The highest BCUT2D eigenvalue weighted by molar-refractivity contribution is 7.20. The second kappa shape index (κ2) is 10.9. The minimum Gasteiger partial charge on any atom is -0.444 e. The molecule has 3 heterocycles. The molecule has 0 bridgehead atoms. The summed E-state index contributed by atoms with van der Waals surface area (Å²) in [5.41, 5.74) is 0.574. The van der Waals surface area contributed by atoms with Gasteiger partial charge in [-0.1, -0.05) is 19.3 Å². The predicted molar refractivity (Wildman–Crippen MR) is 147 cm³/mol. The van der Waals surface area contributed by atoms with Gasteiger partial charge in [-0.15, -0.1) is 11.3 Å². The fourth-order valence-corrected chi connectivity index (χ4v) is 7.33. The van der Waals surface area contributed by atoms with Gasteiger partial charge in [-0.3, -0.25) is 14.4 Å². The standard InChI is InChI=1S/C28H43N5O3S/c1-19-23-18-24(37-26(23)33(30-19)22-8-6-5-7-9-22)25(34)29-20-10-12-21(13-11-20)31-14-16-32(17-15-31)27(35)36-28(2,3)4/h18,20-22H,5-17H2,1-4H3,(H,29,34)/t20-,21+. The number of amides is 2. The van der Waals surface area contributed by atoms with Crippen molar-refractivity contribution >= 4 is 33.6 Å². The van der Waals surface area contributed by atoms with Crippen molar-refractivity contribution < 1.29 is 14.3 Å². The van der Waals surface area contributed by atoms with Gasteiger partial charge in [0.25, 0.3) is 5.91 Å². The number of thiophene rings is 1. The summed E-state index contributed by atoms with van der Waals surface area (Å²) in [4.78, 5) is 31.8. The Morgan fingerprint density at radius 3 is 2.30 bits per heavy atom. The average molecular weight is 530 g/mol. The van der Waals surface area contributed by atoms with E-state index < -0.39 is 5.60 Å². The van der Waals surface area contributed by atoms with Crippen LogP contribution in [0.2, 0.25) is 0 Å². The molecule has 2 aromatic heterocycles. The van der Waals surface area contributed by atoms with E-state index in [9.17, 15) is 9.59 Å². The summed E-state index contributed by atoms with van der Waals surface area (Å²) in [6.45, 7) is 11.0. The lowest BCUT2D eigenvalue weighted by atomic mass is 9.89. The minimum atomic E-state index is -0.457. The second-order valence-corrected chi connectivity index (χ2v) is 13.2. The summed E-state index contributed by atoms with van der Waals surface area (Å²) in [5, 5.41) is 9.29. The fourth-order valence-electron chi connectivity index (χ4n) is 6.19. The van der Waals surface area contributed by atoms with Crippen LogP contribution in [0.1, 0.15) is 100.0 Å². The molecule has 0 radical (unpaired) electrons. The van der Waals surface area contributed by atoms with Crippen LogP contribution in [0.15, 0.2) is 6.07 Å². The molecule has 2 aliphatic carbocycles. The lowest BCUT2D eigenvalue weighted by Gasteiger charge is -2.42. The minimum absolute atomic E-state index is 0.0604. The van der Waals surface area contributed by atoms with E-state index in [1.54, 1.807) is 11.3 Å². The molecule has 1 N–H and O–H groups in total. The number of ether oxygens (including phenoxy) is 1. The maximum atomic E-state index is 13.2. The molecule has 5 rings (SSSR count). The van der Waals surface area contributed by atoms with E-state index in [4.69, 9.17) is 9.84 Å². The second-order valence-electron chi connectivity index (χ2n) is 12.1. The van der Waals surface area contributed by atoms with Crippen molar-refractivity contribution in [3.05, 3.63) is 16.6 Å². The normalized spacial score (nSPS) is 24.4. The number of hydrogen-bond donors (Lipinski definition) is 1. The van der Waals surface area contributed by atoms with Crippen LogP contribution in [0.25, 0.3) is 10.2 Å². The van der Waals surface area contributed by atoms with Gasteiger partial charge in [-0.05, 0) is 72.3 Å². The third-order valence-electron chi connectivity index (χ3n) is 8.23. The summed E-state index contributed by atoms with van der Waals surface area (Å²) in [7, 11) is 0. The fraction of sp³-hybridized carbons (Fsp3) is 0.750. The summed E-state index contributed by atoms with van der Waals surface area (Å²) in [5.74, 6) is 0.0604. The van der Waals surface area contributed by atoms with E-state index in [-0.39, 0.29) is 18.0 Å². The Balaban J connectivity index is 1.11. The average Bonchev–Trinajstić information content (AvgIpc) is 3.45. The lowest BCUT2D eigenvalue weighted by molar-refractivity contribution is 0.00775. The number of rotatable bonds is 4. The molecule has 37 heavy (non-hydrogen) atoms. The molecule has 1 aliphatic heterocycles. The number of aryl methyl sites for hydroxylation is 1. The molecule has 204 valence electrons. The van der Waals surface area contributed by atoms with Gasteiger partial charge in [0.15, 0.2) is 0 Å². The van der Waals surface area contributed by atoms with Gasteiger partial charge < -0.3 is 15.0 Å². The van der Waals surface area contributed by atoms with Crippen LogP contribution in [0, 0.1) is 6.92 Å². The summed E-state index contributed by atoms with van der Waals surface area (Å²) in [6, 6.07) is 3.28. The van der Waals surface area contributed by atoms with Gasteiger partial charge >= 0.3 is 6.09 Å². The van der Waals surface area contributed by atoms with E-state index in [0.29, 0.717) is 12.1 Å². The van der Waals surface area contributed by atoms with Crippen molar-refractivity contribution in [3.63, 3.8) is 0 Å². The van der Waals surface area contributed by atoms with Crippen LogP contribution in [-0.2, 0) is 4.74 Å². The Kier molecular flexibility index (Phi) is 7.82. The van der Waals surface area contributed by atoms with Crippen LogP contribution in [0.5, 0.6) is 0 Å². The first-order valence-corrected chi connectivity index (χ1v) is 15.0.